The van der Waals surface area contributed by atoms with Gasteiger partial charge in [-0.05, 0) is 73.7 Å². The van der Waals surface area contributed by atoms with Gasteiger partial charge >= 0.3 is 0 Å². The second kappa shape index (κ2) is 15.4. The summed E-state index contributed by atoms with van der Waals surface area (Å²) in [5.74, 6) is -1.56. The molecule has 4 fully saturated rings. The van der Waals surface area contributed by atoms with Crippen molar-refractivity contribution in [2.45, 2.75) is 83.6 Å². The fraction of sp³-hybridized carbons (Fsp3) is 0.467. The third-order valence-corrected chi connectivity index (χ3v) is 13.4. The maximum absolute atomic E-state index is 13.5. The zero-order chi connectivity index (χ0) is 41.9. The normalized spacial score (nSPS) is 24.6. The van der Waals surface area contributed by atoms with Crippen molar-refractivity contribution >= 4 is 52.5 Å². The summed E-state index contributed by atoms with van der Waals surface area (Å²) in [7, 11) is 0. The van der Waals surface area contributed by atoms with E-state index in [2.05, 4.69) is 53.0 Å². The molecule has 2 N–H and O–H groups in total. The molecule has 1 atom stereocenters. The lowest BCUT2D eigenvalue weighted by molar-refractivity contribution is -0.164. The number of rotatable bonds is 9. The molecular formula is C45H49ClN6O7. The van der Waals surface area contributed by atoms with Crippen LogP contribution >= 0.6 is 11.6 Å². The highest BCUT2D eigenvalue weighted by Crippen LogP contribution is 2.55. The van der Waals surface area contributed by atoms with Gasteiger partial charge in [0.25, 0.3) is 17.7 Å². The van der Waals surface area contributed by atoms with Gasteiger partial charge in [0.05, 0.1) is 34.9 Å². The predicted molar refractivity (Wildman–Crippen MR) is 221 cm³/mol. The number of benzene rings is 3. The third-order valence-electron chi connectivity index (χ3n) is 13.1. The summed E-state index contributed by atoms with van der Waals surface area (Å²) < 4.78 is 12.8. The van der Waals surface area contributed by atoms with Gasteiger partial charge < -0.3 is 19.7 Å². The van der Waals surface area contributed by atoms with E-state index in [4.69, 9.17) is 27.6 Å². The Kier molecular flexibility index (Phi) is 10.6. The van der Waals surface area contributed by atoms with Crippen molar-refractivity contribution in [3.63, 3.8) is 0 Å². The summed E-state index contributed by atoms with van der Waals surface area (Å²) in [4.78, 5) is 73.3. The number of piperidine rings is 2. The van der Waals surface area contributed by atoms with Crippen molar-refractivity contribution in [1.29, 1.82) is 0 Å². The molecule has 0 aromatic heterocycles. The number of carbonyl (C=O) groups is 5. The number of morpholine rings is 1. The summed E-state index contributed by atoms with van der Waals surface area (Å²) in [6.45, 7) is 20.2. The van der Waals surface area contributed by atoms with Crippen LogP contribution in [0.1, 0.15) is 90.0 Å². The first-order chi connectivity index (χ1) is 28.1. The first-order valence-electron chi connectivity index (χ1n) is 20.3. The molecule has 4 aliphatic heterocycles. The molecule has 0 radical (unpaired) electrons. The van der Waals surface area contributed by atoms with Gasteiger partial charge in [0.1, 0.15) is 17.9 Å². The van der Waals surface area contributed by atoms with E-state index in [1.165, 1.54) is 0 Å². The van der Waals surface area contributed by atoms with Crippen molar-refractivity contribution in [1.82, 2.24) is 20.4 Å². The molecule has 3 aromatic rings. The van der Waals surface area contributed by atoms with Crippen LogP contribution in [0, 0.1) is 17.4 Å². The van der Waals surface area contributed by atoms with Crippen LogP contribution in [0.5, 0.6) is 5.75 Å². The zero-order valence-electron chi connectivity index (χ0n) is 33.8. The third kappa shape index (κ3) is 7.47. The Morgan fingerprint density at radius 2 is 1.66 bits per heavy atom. The minimum atomic E-state index is -0.991. The van der Waals surface area contributed by atoms with Gasteiger partial charge in [-0.15, -0.1) is 0 Å². The smallest absolute Gasteiger partial charge is 0.262 e. The van der Waals surface area contributed by atoms with Crippen LogP contribution in [0.15, 0.2) is 60.7 Å². The monoisotopic (exact) mass is 820 g/mol. The molecule has 1 spiro atoms. The second-order valence-electron chi connectivity index (χ2n) is 17.7. The Bertz CT molecular complexity index is 2240. The van der Waals surface area contributed by atoms with E-state index in [9.17, 15) is 24.0 Å². The number of nitrogens with one attached hydrogen (secondary N) is 2. The Hall–Kier alpha value is -5.29. The van der Waals surface area contributed by atoms with Crippen LogP contribution in [0.3, 0.4) is 0 Å². The molecule has 1 saturated carbocycles. The topological polar surface area (TPSA) is 142 Å². The maximum Gasteiger partial charge on any atom is 0.262 e. The van der Waals surface area contributed by atoms with E-state index in [0.29, 0.717) is 28.6 Å². The molecule has 59 heavy (non-hydrogen) atoms. The van der Waals surface area contributed by atoms with E-state index >= 15 is 0 Å². The number of fused-ring (bicyclic) bond motifs is 1. The summed E-state index contributed by atoms with van der Waals surface area (Å²) in [6, 6.07) is 17.1. The van der Waals surface area contributed by atoms with Gasteiger partial charge in [-0.25, -0.2) is 4.85 Å². The van der Waals surface area contributed by atoms with E-state index in [1.807, 2.05) is 30.3 Å². The summed E-state index contributed by atoms with van der Waals surface area (Å²) in [6.07, 6.45) is 2.48. The molecule has 1 unspecified atom stereocenters. The lowest BCUT2D eigenvalue weighted by atomic mass is 9.49. The number of nitrogens with zero attached hydrogens (tertiary/aromatic N) is 4. The van der Waals surface area contributed by atoms with Crippen molar-refractivity contribution in [2.24, 2.45) is 10.8 Å². The number of ether oxygens (including phenoxy) is 2. The van der Waals surface area contributed by atoms with Gasteiger partial charge in [0, 0.05) is 67.3 Å². The van der Waals surface area contributed by atoms with Gasteiger partial charge in [-0.2, -0.15) is 0 Å². The number of imide groups is 2. The Labute approximate surface area is 349 Å². The average molecular weight is 821 g/mol. The fourth-order valence-electron chi connectivity index (χ4n) is 10.2. The molecule has 13 nitrogen and oxygen atoms in total. The summed E-state index contributed by atoms with van der Waals surface area (Å²) in [5, 5.41) is 5.87. The van der Waals surface area contributed by atoms with Crippen LogP contribution < -0.4 is 20.3 Å². The Morgan fingerprint density at radius 3 is 2.34 bits per heavy atom. The lowest BCUT2D eigenvalue weighted by Crippen LogP contribution is -2.74. The lowest BCUT2D eigenvalue weighted by Gasteiger charge is -2.63. The minimum absolute atomic E-state index is 0.0794. The van der Waals surface area contributed by atoms with E-state index in [1.54, 1.807) is 30.3 Å². The molecule has 14 heteroatoms. The number of anilines is 1. The minimum Gasteiger partial charge on any atom is -0.489 e. The van der Waals surface area contributed by atoms with Crippen LogP contribution in [-0.4, -0.2) is 102 Å². The number of carbonyl (C=O) groups excluding carboxylic acids is 5. The van der Waals surface area contributed by atoms with E-state index in [0.717, 1.165) is 68.1 Å². The maximum atomic E-state index is 13.5. The first kappa shape index (κ1) is 40.5. The quantitative estimate of drug-likeness (QED) is 0.202. The van der Waals surface area contributed by atoms with Crippen molar-refractivity contribution in [3.8, 4) is 5.75 Å². The molecule has 4 heterocycles. The largest absolute Gasteiger partial charge is 0.489 e. The molecule has 308 valence electrons. The average Bonchev–Trinajstić information content (AvgIpc) is 3.46. The van der Waals surface area contributed by atoms with Crippen LogP contribution in [-0.2, 0) is 20.7 Å². The van der Waals surface area contributed by atoms with Crippen molar-refractivity contribution in [3.05, 3.63) is 99.4 Å². The van der Waals surface area contributed by atoms with Gasteiger partial charge in [0.15, 0.2) is 0 Å². The standard InChI is InChI=1S/C45H49ClN6O7/c1-43(2)41(44(3,4)42(43)59-30-11-13-34(47-5)33(46)25-30)49-37(54)28-8-6-27(7-9-28)16-19-50-22-23-58-45(26-50)17-20-51(21-18-45)29-10-12-31-32(24-29)40(57)52(39(31)56)35-14-15-36(53)48-38(35)55/h6-13,24-25,35,41-42H,14-23,26H2,1-4H3,(H,49,54)(H,48,53,55). The molecular weight excluding hydrogens is 772 g/mol. The Morgan fingerprint density at radius 1 is 0.949 bits per heavy atom. The van der Waals surface area contributed by atoms with Crippen molar-refractivity contribution in [2.75, 3.05) is 44.2 Å². The molecule has 3 aromatic carbocycles. The number of hydrogen-bond donors (Lipinski definition) is 2. The highest BCUT2D eigenvalue weighted by molar-refractivity contribution is 6.33. The molecule has 1 aliphatic carbocycles. The van der Waals surface area contributed by atoms with Crippen LogP contribution in [0.4, 0.5) is 11.4 Å². The van der Waals surface area contributed by atoms with Gasteiger partial charge in [-0.3, -0.25) is 39.1 Å². The Balaban J connectivity index is 0.820. The highest BCUT2D eigenvalue weighted by Gasteiger charge is 2.64. The van der Waals surface area contributed by atoms with E-state index in [-0.39, 0.29) is 58.5 Å². The van der Waals surface area contributed by atoms with Gasteiger partial charge in [0.2, 0.25) is 17.5 Å². The molecule has 5 aliphatic rings. The first-order valence-corrected chi connectivity index (χ1v) is 20.7. The van der Waals surface area contributed by atoms with Gasteiger partial charge in [-0.1, -0.05) is 57.5 Å². The van der Waals surface area contributed by atoms with Crippen molar-refractivity contribution < 1.29 is 33.4 Å². The molecule has 3 saturated heterocycles. The molecule has 0 bridgehead atoms. The fourth-order valence-corrected chi connectivity index (χ4v) is 10.4. The van der Waals surface area contributed by atoms with E-state index < -0.39 is 29.7 Å². The van der Waals surface area contributed by atoms with Crippen LogP contribution in [0.25, 0.3) is 4.85 Å². The van der Waals surface area contributed by atoms with Crippen LogP contribution in [0.2, 0.25) is 5.02 Å². The SMILES string of the molecule is [C-]#[N+]c1ccc(OC2C(C)(C)C(NC(=O)c3ccc(CCN4CCOC5(CCN(c6ccc7c(c6)C(=O)N(C6CCC(=O)NC6=O)C7=O)CC5)C4)cc3)C2(C)C)cc1Cl. The second-order valence-corrected chi connectivity index (χ2v) is 18.1. The predicted octanol–water partition coefficient (Wildman–Crippen LogP) is 5.82. The number of amides is 5. The summed E-state index contributed by atoms with van der Waals surface area (Å²) >= 11 is 6.26. The summed E-state index contributed by atoms with van der Waals surface area (Å²) in [5.41, 5.74) is 2.55. The zero-order valence-corrected chi connectivity index (χ0v) is 34.6. The number of halogens is 1. The molecule has 8 rings (SSSR count). The number of hydrogen-bond acceptors (Lipinski definition) is 9. The highest BCUT2D eigenvalue weighted by atomic mass is 35.5. The molecule has 5 amide bonds.